The predicted molar refractivity (Wildman–Crippen MR) is 92.8 cm³/mol. The summed E-state index contributed by atoms with van der Waals surface area (Å²) in [6, 6.07) is 0. The molecule has 119 valence electrons. The maximum Gasteiger partial charge on any atom is 0.303 e. The number of aliphatic carboxylic acids is 1. The Morgan fingerprint density at radius 1 is 0.762 bits per heavy atom. The largest absolute Gasteiger partial charge is 0.481 e. The maximum atomic E-state index is 10.3. The smallest absolute Gasteiger partial charge is 0.303 e. The molecular formula is C18H34NaO2. The quantitative estimate of drug-likeness (QED) is 0.238. The van der Waals surface area contributed by atoms with Crippen LogP contribution in [-0.4, -0.2) is 40.6 Å². The van der Waals surface area contributed by atoms with Gasteiger partial charge in [0.05, 0.1) is 0 Å². The van der Waals surface area contributed by atoms with Crippen LogP contribution in [0, 0.1) is 0 Å². The van der Waals surface area contributed by atoms with Crippen LogP contribution in [0.2, 0.25) is 0 Å². The number of carboxylic acid groups (broad SMARTS) is 1. The van der Waals surface area contributed by atoms with Crippen LogP contribution in [0.5, 0.6) is 0 Å². The Bertz CT molecular complexity index is 239. The number of hydrogen-bond donors (Lipinski definition) is 1. The molecule has 1 radical (unpaired) electrons. The molecule has 0 aliphatic heterocycles. The fraction of sp³-hybridized carbons (Fsp3) is 0.833. The van der Waals surface area contributed by atoms with E-state index in [4.69, 9.17) is 5.11 Å². The van der Waals surface area contributed by atoms with Crippen molar-refractivity contribution >= 4 is 35.5 Å². The van der Waals surface area contributed by atoms with E-state index in [1.54, 1.807) is 0 Å². The van der Waals surface area contributed by atoms with Crippen LogP contribution in [0.4, 0.5) is 0 Å². The van der Waals surface area contributed by atoms with Gasteiger partial charge in [-0.3, -0.25) is 4.79 Å². The van der Waals surface area contributed by atoms with Crippen molar-refractivity contribution in [3.8, 4) is 0 Å². The minimum atomic E-state index is -0.661. The van der Waals surface area contributed by atoms with E-state index >= 15 is 0 Å². The van der Waals surface area contributed by atoms with Crippen molar-refractivity contribution in [2.45, 2.75) is 96.8 Å². The number of rotatable bonds is 15. The third kappa shape index (κ3) is 22.6. The summed E-state index contributed by atoms with van der Waals surface area (Å²) in [5, 5.41) is 8.51. The topological polar surface area (TPSA) is 37.3 Å². The molecule has 0 amide bonds. The first-order chi connectivity index (χ1) is 9.77. The van der Waals surface area contributed by atoms with Crippen LogP contribution in [0.25, 0.3) is 0 Å². The molecule has 2 nitrogen and oxygen atoms in total. The predicted octanol–water partition coefficient (Wildman–Crippen LogP) is 5.73. The molecule has 0 atom stereocenters. The van der Waals surface area contributed by atoms with Crippen molar-refractivity contribution in [3.05, 3.63) is 12.2 Å². The van der Waals surface area contributed by atoms with Crippen LogP contribution < -0.4 is 0 Å². The second-order valence-electron chi connectivity index (χ2n) is 5.73. The summed E-state index contributed by atoms with van der Waals surface area (Å²) in [6.07, 6.45) is 21.2. The fourth-order valence-corrected chi connectivity index (χ4v) is 2.35. The SMILES string of the molecule is CCCCCC/C=C/CCCCCCCCCC(=O)O.[Na]. The average Bonchev–Trinajstić information content (AvgIpc) is 2.43. The maximum absolute atomic E-state index is 10.3. The summed E-state index contributed by atoms with van der Waals surface area (Å²) in [7, 11) is 0. The number of carboxylic acids is 1. The summed E-state index contributed by atoms with van der Waals surface area (Å²) >= 11 is 0. The summed E-state index contributed by atoms with van der Waals surface area (Å²) in [5.74, 6) is -0.661. The Hall–Kier alpha value is 0.210. The normalized spacial score (nSPS) is 10.7. The fourth-order valence-electron chi connectivity index (χ4n) is 2.35. The Kier molecular flexibility index (Phi) is 22.6. The van der Waals surface area contributed by atoms with E-state index in [0.29, 0.717) is 6.42 Å². The second kappa shape index (κ2) is 20.2. The van der Waals surface area contributed by atoms with Crippen molar-refractivity contribution in [1.29, 1.82) is 0 Å². The molecule has 0 bridgehead atoms. The van der Waals surface area contributed by atoms with Gasteiger partial charge in [0.25, 0.3) is 0 Å². The Morgan fingerprint density at radius 2 is 1.19 bits per heavy atom. The molecule has 0 aliphatic carbocycles. The van der Waals surface area contributed by atoms with Gasteiger partial charge in [-0.25, -0.2) is 0 Å². The molecule has 0 aliphatic rings. The summed E-state index contributed by atoms with van der Waals surface area (Å²) in [4.78, 5) is 10.3. The van der Waals surface area contributed by atoms with Crippen LogP contribution >= 0.6 is 0 Å². The zero-order chi connectivity index (χ0) is 14.9. The molecule has 0 fully saturated rings. The summed E-state index contributed by atoms with van der Waals surface area (Å²) < 4.78 is 0. The first-order valence-corrected chi connectivity index (χ1v) is 8.64. The molecule has 0 spiro atoms. The zero-order valence-electron chi connectivity index (χ0n) is 14.4. The average molecular weight is 305 g/mol. The Morgan fingerprint density at radius 3 is 1.67 bits per heavy atom. The van der Waals surface area contributed by atoms with E-state index in [1.807, 2.05) is 0 Å². The summed E-state index contributed by atoms with van der Waals surface area (Å²) in [6.45, 7) is 2.25. The van der Waals surface area contributed by atoms with Gasteiger partial charge in [-0.15, -0.1) is 0 Å². The van der Waals surface area contributed by atoms with Gasteiger partial charge in [0.2, 0.25) is 0 Å². The number of allylic oxidation sites excluding steroid dienone is 2. The molecule has 3 heteroatoms. The standard InChI is InChI=1S/C18H34O2.Na/c1-2-3-4-5-6-7-8-9-10-11-12-13-14-15-16-17-18(19)20;/h7-8H,2-6,9-17H2,1H3,(H,19,20);/b8-7+;. The molecule has 0 unspecified atom stereocenters. The minimum Gasteiger partial charge on any atom is -0.481 e. The van der Waals surface area contributed by atoms with Crippen LogP contribution in [0.15, 0.2) is 12.2 Å². The van der Waals surface area contributed by atoms with E-state index in [9.17, 15) is 4.79 Å². The monoisotopic (exact) mass is 305 g/mol. The third-order valence-corrected chi connectivity index (χ3v) is 3.65. The Balaban J connectivity index is 0. The van der Waals surface area contributed by atoms with Crippen molar-refractivity contribution < 1.29 is 9.90 Å². The van der Waals surface area contributed by atoms with E-state index in [1.165, 1.54) is 70.6 Å². The molecule has 0 heterocycles. The first kappa shape index (κ1) is 23.5. The van der Waals surface area contributed by atoms with Gasteiger partial charge in [0.1, 0.15) is 0 Å². The van der Waals surface area contributed by atoms with Gasteiger partial charge in [-0.1, -0.05) is 70.4 Å². The van der Waals surface area contributed by atoms with Crippen molar-refractivity contribution in [2.24, 2.45) is 0 Å². The van der Waals surface area contributed by atoms with E-state index < -0.39 is 5.97 Å². The van der Waals surface area contributed by atoms with Crippen LogP contribution in [-0.2, 0) is 4.79 Å². The van der Waals surface area contributed by atoms with E-state index in [0.717, 1.165) is 12.8 Å². The van der Waals surface area contributed by atoms with E-state index in [2.05, 4.69) is 19.1 Å². The third-order valence-electron chi connectivity index (χ3n) is 3.65. The summed E-state index contributed by atoms with van der Waals surface area (Å²) in [5.41, 5.74) is 0. The Labute approximate surface area is 154 Å². The van der Waals surface area contributed by atoms with Crippen molar-refractivity contribution in [3.63, 3.8) is 0 Å². The van der Waals surface area contributed by atoms with Gasteiger partial charge >= 0.3 is 5.97 Å². The molecule has 1 N–H and O–H groups in total. The number of carbonyl (C=O) groups is 1. The molecule has 0 aromatic heterocycles. The molecule has 0 rings (SSSR count). The second-order valence-corrected chi connectivity index (χ2v) is 5.73. The number of unbranched alkanes of at least 4 members (excludes halogenated alkanes) is 11. The van der Waals surface area contributed by atoms with Crippen LogP contribution in [0.1, 0.15) is 96.8 Å². The van der Waals surface area contributed by atoms with Gasteiger partial charge in [0, 0.05) is 36.0 Å². The molecule has 0 aromatic rings. The van der Waals surface area contributed by atoms with Gasteiger partial charge in [-0.2, -0.15) is 0 Å². The zero-order valence-corrected chi connectivity index (χ0v) is 16.4. The molecular weight excluding hydrogens is 271 g/mol. The minimum absolute atomic E-state index is 0. The van der Waals surface area contributed by atoms with Crippen LogP contribution in [0.3, 0.4) is 0 Å². The van der Waals surface area contributed by atoms with Crippen molar-refractivity contribution in [1.82, 2.24) is 0 Å². The molecule has 0 saturated carbocycles. The number of hydrogen-bond acceptors (Lipinski definition) is 1. The van der Waals surface area contributed by atoms with Gasteiger partial charge in [-0.05, 0) is 32.1 Å². The van der Waals surface area contributed by atoms with E-state index in [-0.39, 0.29) is 29.6 Å². The molecule has 0 saturated heterocycles. The molecule has 21 heavy (non-hydrogen) atoms. The van der Waals surface area contributed by atoms with Gasteiger partial charge < -0.3 is 5.11 Å². The van der Waals surface area contributed by atoms with Gasteiger partial charge in [0.15, 0.2) is 0 Å². The molecule has 0 aromatic carbocycles. The van der Waals surface area contributed by atoms with Crippen molar-refractivity contribution in [2.75, 3.05) is 0 Å². The first-order valence-electron chi connectivity index (χ1n) is 8.64.